The van der Waals surface area contributed by atoms with Gasteiger partial charge in [0, 0.05) is 7.05 Å². The zero-order valence-corrected chi connectivity index (χ0v) is 15.4. The van der Waals surface area contributed by atoms with Gasteiger partial charge < -0.3 is 15.0 Å². The number of urea groups is 1. The molecule has 2 heterocycles. The maximum atomic E-state index is 14.5. The average Bonchev–Trinajstić information content (AvgIpc) is 3.00. The average molecular weight is 400 g/mol. The lowest BCUT2D eigenvalue weighted by Gasteiger charge is -2.43. The summed E-state index contributed by atoms with van der Waals surface area (Å²) in [7, 11) is 2.92. The number of carbonyl (C=O) groups excluding carboxylic acids is 1. The van der Waals surface area contributed by atoms with Crippen LogP contribution < -0.4 is 19.9 Å². The highest BCUT2D eigenvalue weighted by atomic mass is 19.4. The number of hydrogen-bond acceptors (Lipinski definition) is 4. The topological polar surface area (TPSA) is 68.6 Å². The fourth-order valence-electron chi connectivity index (χ4n) is 3.81. The molecule has 148 valence electrons. The van der Waals surface area contributed by atoms with Gasteiger partial charge in [0.1, 0.15) is 23.2 Å². The van der Waals surface area contributed by atoms with Crippen LogP contribution in [0.3, 0.4) is 0 Å². The second-order valence-electron chi connectivity index (χ2n) is 6.60. The zero-order valence-electron chi connectivity index (χ0n) is 15.4. The Balaban J connectivity index is 2.04. The Labute approximate surface area is 164 Å². The molecule has 0 saturated carbocycles. The number of anilines is 2. The van der Waals surface area contributed by atoms with Gasteiger partial charge in [-0.25, -0.2) is 9.69 Å². The lowest BCUT2D eigenvalue weighted by atomic mass is 9.80. The number of carbonyl (C=O) groups is 1. The van der Waals surface area contributed by atoms with Crippen molar-refractivity contribution in [2.24, 2.45) is 0 Å². The predicted octanol–water partition coefficient (Wildman–Crippen LogP) is 3.87. The molecule has 2 aromatic rings. The van der Waals surface area contributed by atoms with Crippen molar-refractivity contribution in [1.82, 2.24) is 5.32 Å². The van der Waals surface area contributed by atoms with Gasteiger partial charge in [-0.1, -0.05) is 24.3 Å². The van der Waals surface area contributed by atoms with Crippen LogP contribution in [-0.4, -0.2) is 26.4 Å². The van der Waals surface area contributed by atoms with Gasteiger partial charge >= 0.3 is 12.2 Å². The molecule has 4 rings (SSSR count). The summed E-state index contributed by atoms with van der Waals surface area (Å²) < 4.78 is 48.6. The van der Waals surface area contributed by atoms with E-state index in [1.54, 1.807) is 30.3 Å². The van der Waals surface area contributed by atoms with Crippen LogP contribution in [0.15, 0.2) is 59.9 Å². The maximum Gasteiger partial charge on any atom is 0.421 e. The molecule has 0 aliphatic carbocycles. The molecule has 29 heavy (non-hydrogen) atoms. The number of para-hydroxylation sites is 2. The van der Waals surface area contributed by atoms with Crippen LogP contribution in [0.5, 0.6) is 5.75 Å². The number of nitrogens with zero attached hydrogens (tertiary/aromatic N) is 3. The Morgan fingerprint density at radius 2 is 1.72 bits per heavy atom. The molecule has 1 N–H and O–H groups in total. The fraction of sp³-hybridized carbons (Fsp3) is 0.200. The number of methoxy groups -OCH3 is 1. The van der Waals surface area contributed by atoms with Crippen LogP contribution in [0.25, 0.3) is 0 Å². The largest absolute Gasteiger partial charge is 0.497 e. The van der Waals surface area contributed by atoms with E-state index in [9.17, 15) is 23.2 Å². The van der Waals surface area contributed by atoms with Crippen molar-refractivity contribution in [2.75, 3.05) is 24.0 Å². The molecule has 1 atom stereocenters. The summed E-state index contributed by atoms with van der Waals surface area (Å²) in [4.78, 5) is 15.4. The second kappa shape index (κ2) is 6.17. The first kappa shape index (κ1) is 18.7. The number of hydrogen-bond donors (Lipinski definition) is 1. The van der Waals surface area contributed by atoms with E-state index in [4.69, 9.17) is 4.74 Å². The van der Waals surface area contributed by atoms with Gasteiger partial charge in [-0.15, -0.1) is 0 Å². The van der Waals surface area contributed by atoms with Crippen LogP contribution in [0.2, 0.25) is 0 Å². The van der Waals surface area contributed by atoms with E-state index in [0.29, 0.717) is 17.1 Å². The van der Waals surface area contributed by atoms with Crippen molar-refractivity contribution in [2.45, 2.75) is 11.7 Å². The Morgan fingerprint density at radius 1 is 1.10 bits per heavy atom. The smallest absolute Gasteiger partial charge is 0.421 e. The minimum absolute atomic E-state index is 0.120. The van der Waals surface area contributed by atoms with E-state index in [1.807, 2.05) is 0 Å². The van der Waals surface area contributed by atoms with Gasteiger partial charge in [0.2, 0.25) is 5.54 Å². The first-order chi connectivity index (χ1) is 13.8. The van der Waals surface area contributed by atoms with E-state index < -0.39 is 23.3 Å². The molecule has 0 radical (unpaired) electrons. The summed E-state index contributed by atoms with van der Waals surface area (Å²) in [6, 6.07) is 12.5. The third-order valence-electron chi connectivity index (χ3n) is 5.17. The molecular formula is C20H15F3N4O2. The molecule has 2 amide bonds. The molecule has 0 spiro atoms. The lowest BCUT2D eigenvalue weighted by Crippen LogP contribution is -2.64. The van der Waals surface area contributed by atoms with Crippen LogP contribution in [0.4, 0.5) is 29.3 Å². The summed E-state index contributed by atoms with van der Waals surface area (Å²) in [5, 5.41) is 11.9. The molecule has 2 aliphatic heterocycles. The minimum atomic E-state index is -4.98. The van der Waals surface area contributed by atoms with Gasteiger partial charge in [-0.3, -0.25) is 0 Å². The highest BCUT2D eigenvalue weighted by Crippen LogP contribution is 2.52. The van der Waals surface area contributed by atoms with E-state index in [0.717, 1.165) is 4.90 Å². The van der Waals surface area contributed by atoms with Crippen LogP contribution >= 0.6 is 0 Å². The first-order valence-electron chi connectivity index (χ1n) is 8.57. The van der Waals surface area contributed by atoms with Crippen LogP contribution in [0.1, 0.15) is 5.56 Å². The van der Waals surface area contributed by atoms with Crippen molar-refractivity contribution in [3.63, 3.8) is 0 Å². The molecule has 9 heteroatoms. The van der Waals surface area contributed by atoms with Gasteiger partial charge in [-0.2, -0.15) is 18.4 Å². The van der Waals surface area contributed by atoms with Gasteiger partial charge in [0.05, 0.1) is 18.5 Å². The standard InChI is InChI=1S/C20H15F3N4O2/c1-26-15-5-3-4-6-16(15)27-17(26)14(11-24)19(20(21,22)23,25-18(27)28)12-7-9-13(29-2)10-8-12/h3-10H,1-2H3,(H,25,28). The molecular weight excluding hydrogens is 385 g/mol. The van der Waals surface area contributed by atoms with Crippen molar-refractivity contribution >= 4 is 17.4 Å². The van der Waals surface area contributed by atoms with E-state index in [1.165, 1.54) is 43.3 Å². The van der Waals surface area contributed by atoms with Crippen LogP contribution in [-0.2, 0) is 5.54 Å². The summed E-state index contributed by atoms with van der Waals surface area (Å²) in [6.45, 7) is 0. The third-order valence-corrected chi connectivity index (χ3v) is 5.17. The number of nitrogens with one attached hydrogen (secondary N) is 1. The number of benzene rings is 2. The molecule has 6 nitrogen and oxygen atoms in total. The molecule has 0 bridgehead atoms. The molecule has 1 unspecified atom stereocenters. The summed E-state index contributed by atoms with van der Waals surface area (Å²) in [5.74, 6) is 0.233. The van der Waals surface area contributed by atoms with Crippen molar-refractivity contribution < 1.29 is 22.7 Å². The molecule has 2 aliphatic rings. The molecule has 0 fully saturated rings. The molecule has 0 aromatic heterocycles. The van der Waals surface area contributed by atoms with Crippen molar-refractivity contribution in [1.29, 1.82) is 5.26 Å². The lowest BCUT2D eigenvalue weighted by molar-refractivity contribution is -0.184. The summed E-state index contributed by atoms with van der Waals surface area (Å²) in [6.07, 6.45) is -4.98. The van der Waals surface area contributed by atoms with E-state index in [-0.39, 0.29) is 11.4 Å². The van der Waals surface area contributed by atoms with E-state index >= 15 is 0 Å². The van der Waals surface area contributed by atoms with Gasteiger partial charge in [0.25, 0.3) is 0 Å². The Hall–Kier alpha value is -3.67. The number of alkyl halides is 3. The second-order valence-corrected chi connectivity index (χ2v) is 6.60. The predicted molar refractivity (Wildman–Crippen MR) is 99.2 cm³/mol. The third kappa shape index (κ3) is 2.38. The van der Waals surface area contributed by atoms with Gasteiger partial charge in [0.15, 0.2) is 0 Å². The number of fused-ring (bicyclic) bond motifs is 3. The fourth-order valence-corrected chi connectivity index (χ4v) is 3.81. The number of amides is 2. The molecule has 2 aromatic carbocycles. The minimum Gasteiger partial charge on any atom is -0.497 e. The Morgan fingerprint density at radius 3 is 2.28 bits per heavy atom. The van der Waals surface area contributed by atoms with Crippen molar-refractivity contribution in [3.8, 4) is 11.8 Å². The Bertz CT molecular complexity index is 1070. The highest BCUT2D eigenvalue weighted by Gasteiger charge is 2.65. The summed E-state index contributed by atoms with van der Waals surface area (Å²) in [5.41, 5.74) is -2.97. The first-order valence-corrected chi connectivity index (χ1v) is 8.57. The monoisotopic (exact) mass is 400 g/mol. The SMILES string of the molecule is COc1ccc(C2(C(F)(F)F)NC(=O)N3C(=C2C#N)N(C)c2ccccc23)cc1. The van der Waals surface area contributed by atoms with Crippen molar-refractivity contribution in [3.05, 3.63) is 65.5 Å². The normalized spacial score (nSPS) is 20.8. The van der Waals surface area contributed by atoms with Crippen LogP contribution in [0, 0.1) is 11.3 Å². The zero-order chi connectivity index (χ0) is 21.0. The quantitative estimate of drug-likeness (QED) is 0.831. The van der Waals surface area contributed by atoms with Gasteiger partial charge in [-0.05, 0) is 29.8 Å². The molecule has 0 saturated heterocycles. The maximum absolute atomic E-state index is 14.5. The number of ether oxygens (including phenoxy) is 1. The number of halogens is 3. The number of nitriles is 1. The number of rotatable bonds is 2. The van der Waals surface area contributed by atoms with E-state index in [2.05, 4.69) is 5.32 Å². The Kier molecular flexibility index (Phi) is 3.97. The highest BCUT2D eigenvalue weighted by molar-refractivity contribution is 6.06. The summed E-state index contributed by atoms with van der Waals surface area (Å²) >= 11 is 0.